The third-order valence-corrected chi connectivity index (χ3v) is 4.35. The van der Waals surface area contributed by atoms with E-state index < -0.39 is 26.1 Å². The zero-order valence-corrected chi connectivity index (χ0v) is 8.00. The molecule has 0 N–H and O–H groups in total. The second-order valence-electron chi connectivity index (χ2n) is 3.20. The summed E-state index contributed by atoms with van der Waals surface area (Å²) in [5.74, 6) is -3.16. The number of rotatable bonds is 2. The van der Waals surface area contributed by atoms with Crippen molar-refractivity contribution in [2.24, 2.45) is 5.92 Å². The highest BCUT2D eigenvalue weighted by Crippen LogP contribution is 2.45. The Kier molecular flexibility index (Phi) is 2.38. The van der Waals surface area contributed by atoms with Crippen LogP contribution in [0, 0.1) is 5.92 Å². The summed E-state index contributed by atoms with van der Waals surface area (Å²) in [5, 5.41) is -0.862. The predicted octanol–water partition coefficient (Wildman–Crippen LogP) is 1.99. The van der Waals surface area contributed by atoms with Gasteiger partial charge in [0.15, 0.2) is 0 Å². The second-order valence-corrected chi connectivity index (χ2v) is 6.19. The number of hydrogen-bond donors (Lipinski definition) is 0. The summed E-state index contributed by atoms with van der Waals surface area (Å²) < 4.78 is 46.0. The van der Waals surface area contributed by atoms with Gasteiger partial charge in [0.2, 0.25) is 15.0 Å². The van der Waals surface area contributed by atoms with Crippen LogP contribution in [-0.2, 0) is 9.05 Å². The maximum Gasteiger partial charge on any atom is 0.248 e. The summed E-state index contributed by atoms with van der Waals surface area (Å²) in [6.45, 7) is 1.36. The first-order valence-electron chi connectivity index (χ1n) is 3.54. The van der Waals surface area contributed by atoms with Gasteiger partial charge < -0.3 is 0 Å². The standard InChI is InChI=1S/C6H9ClF2O2S/c1-4(12(7,10)11)5-2-6(8,9)3-5/h4-5H,2-3H2,1H3. The first-order chi connectivity index (χ1) is 5.22. The van der Waals surface area contributed by atoms with E-state index in [9.17, 15) is 17.2 Å². The molecule has 0 heterocycles. The summed E-state index contributed by atoms with van der Waals surface area (Å²) in [7, 11) is 1.34. The van der Waals surface area contributed by atoms with E-state index in [1.807, 2.05) is 0 Å². The molecule has 1 rings (SSSR count). The molecule has 2 nitrogen and oxygen atoms in total. The molecular formula is C6H9ClF2O2S. The van der Waals surface area contributed by atoms with Crippen LogP contribution in [0.5, 0.6) is 0 Å². The summed E-state index contributed by atoms with van der Waals surface area (Å²) in [4.78, 5) is 0. The lowest BCUT2D eigenvalue weighted by molar-refractivity contribution is -0.109. The van der Waals surface area contributed by atoms with E-state index >= 15 is 0 Å². The molecule has 0 aromatic rings. The zero-order chi connectivity index (χ0) is 9.57. The molecule has 6 heteroatoms. The van der Waals surface area contributed by atoms with Crippen LogP contribution in [0.2, 0.25) is 0 Å². The van der Waals surface area contributed by atoms with Gasteiger partial charge in [-0.15, -0.1) is 0 Å². The summed E-state index contributed by atoms with van der Waals surface area (Å²) >= 11 is 0. The van der Waals surface area contributed by atoms with Crippen LogP contribution in [0.1, 0.15) is 19.8 Å². The minimum atomic E-state index is -3.67. The Hall–Kier alpha value is 0.1000. The third-order valence-electron chi connectivity index (χ3n) is 2.23. The van der Waals surface area contributed by atoms with Crippen molar-refractivity contribution in [1.82, 2.24) is 0 Å². The molecule has 0 aromatic carbocycles. The molecule has 1 saturated carbocycles. The minimum absolute atomic E-state index is 0.361. The van der Waals surface area contributed by atoms with Crippen molar-refractivity contribution >= 4 is 19.7 Å². The fraction of sp³-hybridized carbons (Fsp3) is 1.00. The van der Waals surface area contributed by atoms with Crippen molar-refractivity contribution < 1.29 is 17.2 Å². The van der Waals surface area contributed by atoms with Gasteiger partial charge in [0, 0.05) is 23.5 Å². The monoisotopic (exact) mass is 218 g/mol. The van der Waals surface area contributed by atoms with Crippen molar-refractivity contribution in [3.8, 4) is 0 Å². The van der Waals surface area contributed by atoms with Crippen molar-refractivity contribution in [2.45, 2.75) is 30.9 Å². The summed E-state index contributed by atoms with van der Waals surface area (Å²) in [5.41, 5.74) is 0. The average molecular weight is 219 g/mol. The highest BCUT2D eigenvalue weighted by Gasteiger charge is 2.49. The molecule has 0 radical (unpaired) electrons. The topological polar surface area (TPSA) is 34.1 Å². The number of alkyl halides is 2. The molecule has 0 amide bonds. The largest absolute Gasteiger partial charge is 0.248 e. The van der Waals surface area contributed by atoms with Crippen molar-refractivity contribution in [3.05, 3.63) is 0 Å². The number of hydrogen-bond acceptors (Lipinski definition) is 2. The van der Waals surface area contributed by atoms with Crippen molar-refractivity contribution in [1.29, 1.82) is 0 Å². The Morgan fingerprint density at radius 2 is 1.92 bits per heavy atom. The van der Waals surface area contributed by atoms with Crippen LogP contribution >= 0.6 is 10.7 Å². The van der Waals surface area contributed by atoms with E-state index in [0.29, 0.717) is 0 Å². The maximum atomic E-state index is 12.3. The van der Waals surface area contributed by atoms with Gasteiger partial charge in [-0.05, 0) is 12.8 Å². The highest BCUT2D eigenvalue weighted by molar-refractivity contribution is 8.14. The van der Waals surface area contributed by atoms with Crippen LogP contribution in [-0.4, -0.2) is 19.6 Å². The lowest BCUT2D eigenvalue weighted by atomic mass is 9.79. The molecule has 1 unspecified atom stereocenters. The van der Waals surface area contributed by atoms with Gasteiger partial charge >= 0.3 is 0 Å². The van der Waals surface area contributed by atoms with E-state index in [0.717, 1.165) is 0 Å². The highest BCUT2D eigenvalue weighted by atomic mass is 35.7. The van der Waals surface area contributed by atoms with Crippen molar-refractivity contribution in [3.63, 3.8) is 0 Å². The Morgan fingerprint density at radius 3 is 2.17 bits per heavy atom. The molecule has 72 valence electrons. The Balaban J connectivity index is 2.55. The molecule has 1 atom stereocenters. The molecule has 0 saturated heterocycles. The van der Waals surface area contributed by atoms with Crippen molar-refractivity contribution in [2.75, 3.05) is 0 Å². The molecule has 1 fully saturated rings. The van der Waals surface area contributed by atoms with E-state index in [1.54, 1.807) is 0 Å². The predicted molar refractivity (Wildman–Crippen MR) is 41.9 cm³/mol. The minimum Gasteiger partial charge on any atom is -0.212 e. The smallest absolute Gasteiger partial charge is 0.212 e. The summed E-state index contributed by atoms with van der Waals surface area (Å²) in [6, 6.07) is 0. The fourth-order valence-corrected chi connectivity index (χ4v) is 2.36. The molecule has 12 heavy (non-hydrogen) atoms. The van der Waals surface area contributed by atoms with Gasteiger partial charge in [0.25, 0.3) is 0 Å². The Morgan fingerprint density at radius 1 is 1.50 bits per heavy atom. The third kappa shape index (κ3) is 2.07. The van der Waals surface area contributed by atoms with Gasteiger partial charge in [0.05, 0.1) is 5.25 Å². The summed E-state index contributed by atoms with van der Waals surface area (Å²) in [6.07, 6.45) is -0.722. The van der Waals surface area contributed by atoms with E-state index in [4.69, 9.17) is 10.7 Å². The second kappa shape index (κ2) is 2.80. The Labute approximate surface area is 74.3 Å². The van der Waals surface area contributed by atoms with Crippen LogP contribution in [0.3, 0.4) is 0 Å². The molecule has 1 aliphatic rings. The normalized spacial score (nSPS) is 26.3. The maximum absolute atomic E-state index is 12.3. The van der Waals surface area contributed by atoms with E-state index in [2.05, 4.69) is 0 Å². The Bertz CT molecular complexity index is 267. The molecule has 0 aromatic heterocycles. The molecule has 0 bridgehead atoms. The lowest BCUT2D eigenvalue weighted by Gasteiger charge is -2.37. The molecule has 1 aliphatic carbocycles. The van der Waals surface area contributed by atoms with Crippen LogP contribution in [0.15, 0.2) is 0 Å². The first kappa shape index (κ1) is 10.2. The SMILES string of the molecule is CC(C1CC(F)(F)C1)S(=O)(=O)Cl. The van der Waals surface area contributed by atoms with Gasteiger partial charge in [-0.1, -0.05) is 0 Å². The molecule has 0 aliphatic heterocycles. The van der Waals surface area contributed by atoms with E-state index in [1.165, 1.54) is 6.92 Å². The van der Waals surface area contributed by atoms with Crippen LogP contribution in [0.4, 0.5) is 8.78 Å². The molecular weight excluding hydrogens is 210 g/mol. The van der Waals surface area contributed by atoms with Gasteiger partial charge in [-0.25, -0.2) is 17.2 Å². The zero-order valence-electron chi connectivity index (χ0n) is 6.43. The van der Waals surface area contributed by atoms with Crippen LogP contribution < -0.4 is 0 Å². The van der Waals surface area contributed by atoms with Crippen LogP contribution in [0.25, 0.3) is 0 Å². The van der Waals surface area contributed by atoms with Gasteiger partial charge in [0.1, 0.15) is 0 Å². The average Bonchev–Trinajstić information content (AvgIpc) is 1.78. The van der Waals surface area contributed by atoms with E-state index in [-0.39, 0.29) is 12.8 Å². The first-order valence-corrected chi connectivity index (χ1v) is 5.91. The van der Waals surface area contributed by atoms with Gasteiger partial charge in [-0.2, -0.15) is 0 Å². The number of halogens is 3. The molecule has 0 spiro atoms. The quantitative estimate of drug-likeness (QED) is 0.665. The lowest BCUT2D eigenvalue weighted by Crippen LogP contribution is -2.42. The fourth-order valence-electron chi connectivity index (χ4n) is 1.27. The van der Waals surface area contributed by atoms with Gasteiger partial charge in [-0.3, -0.25) is 0 Å².